The van der Waals surface area contributed by atoms with Crippen LogP contribution in [0.15, 0.2) is 12.1 Å². The van der Waals surface area contributed by atoms with Gasteiger partial charge in [-0.2, -0.15) is 0 Å². The summed E-state index contributed by atoms with van der Waals surface area (Å²) < 4.78 is 4.66. The van der Waals surface area contributed by atoms with Gasteiger partial charge in [0.15, 0.2) is 0 Å². The number of rotatable bonds is 2. The van der Waals surface area contributed by atoms with Crippen LogP contribution in [-0.2, 0) is 4.74 Å². The molecule has 3 nitrogen and oxygen atoms in total. The van der Waals surface area contributed by atoms with E-state index in [1.807, 2.05) is 12.1 Å². The van der Waals surface area contributed by atoms with E-state index in [-0.39, 0.29) is 5.97 Å². The van der Waals surface area contributed by atoms with Crippen LogP contribution in [0, 0.1) is 0 Å². The van der Waals surface area contributed by atoms with Crippen molar-refractivity contribution in [1.29, 1.82) is 0 Å². The third-order valence-electron chi connectivity index (χ3n) is 2.42. The van der Waals surface area contributed by atoms with Crippen molar-refractivity contribution in [3.05, 3.63) is 21.9 Å². The molecule has 1 N–H and O–H groups in total. The van der Waals surface area contributed by atoms with Gasteiger partial charge in [-0.1, -0.05) is 0 Å². The summed E-state index contributed by atoms with van der Waals surface area (Å²) in [6.07, 6.45) is 2.39. The first-order chi connectivity index (χ1) is 6.81. The van der Waals surface area contributed by atoms with Crippen molar-refractivity contribution in [3.63, 3.8) is 0 Å². The Balaban J connectivity index is 2.12. The van der Waals surface area contributed by atoms with Crippen LogP contribution >= 0.6 is 11.3 Å². The van der Waals surface area contributed by atoms with E-state index >= 15 is 0 Å². The average Bonchev–Trinajstić information content (AvgIpc) is 2.86. The Hall–Kier alpha value is -0.870. The van der Waals surface area contributed by atoms with Gasteiger partial charge in [-0.3, -0.25) is 0 Å². The zero-order chi connectivity index (χ0) is 9.97. The van der Waals surface area contributed by atoms with Gasteiger partial charge in [0.1, 0.15) is 4.88 Å². The summed E-state index contributed by atoms with van der Waals surface area (Å²) in [4.78, 5) is 13.1. The molecule has 0 bridgehead atoms. The Morgan fingerprint density at radius 1 is 1.64 bits per heavy atom. The van der Waals surface area contributed by atoms with Crippen molar-refractivity contribution in [2.75, 3.05) is 13.7 Å². The molecular formula is C10H13NO2S. The molecule has 1 aliphatic heterocycles. The predicted octanol–water partition coefficient (Wildman–Crippen LogP) is 1.96. The summed E-state index contributed by atoms with van der Waals surface area (Å²) in [5.74, 6) is -0.237. The van der Waals surface area contributed by atoms with Gasteiger partial charge in [-0.05, 0) is 31.5 Å². The van der Waals surface area contributed by atoms with E-state index in [4.69, 9.17) is 0 Å². The molecule has 1 fully saturated rings. The number of hydrogen-bond acceptors (Lipinski definition) is 4. The minimum atomic E-state index is -0.237. The van der Waals surface area contributed by atoms with Crippen molar-refractivity contribution < 1.29 is 9.53 Å². The van der Waals surface area contributed by atoms with Crippen LogP contribution in [0.2, 0.25) is 0 Å². The Labute approximate surface area is 87.1 Å². The molecule has 1 atom stereocenters. The van der Waals surface area contributed by atoms with Crippen LogP contribution in [0.4, 0.5) is 0 Å². The lowest BCUT2D eigenvalue weighted by atomic mass is 10.2. The molecule has 76 valence electrons. The molecule has 2 rings (SSSR count). The van der Waals surface area contributed by atoms with E-state index in [1.165, 1.54) is 36.2 Å². The number of carbonyl (C=O) groups excluding carboxylic acids is 1. The van der Waals surface area contributed by atoms with E-state index in [0.29, 0.717) is 10.9 Å². The average molecular weight is 211 g/mol. The minimum Gasteiger partial charge on any atom is -0.465 e. The van der Waals surface area contributed by atoms with Gasteiger partial charge in [-0.15, -0.1) is 11.3 Å². The van der Waals surface area contributed by atoms with E-state index < -0.39 is 0 Å². The summed E-state index contributed by atoms with van der Waals surface area (Å²) in [7, 11) is 1.41. The number of ether oxygens (including phenoxy) is 1. The first-order valence-corrected chi connectivity index (χ1v) is 5.54. The van der Waals surface area contributed by atoms with Crippen LogP contribution in [-0.4, -0.2) is 19.6 Å². The molecule has 0 radical (unpaired) electrons. The summed E-state index contributed by atoms with van der Waals surface area (Å²) in [6, 6.07) is 4.30. The highest BCUT2D eigenvalue weighted by Gasteiger charge is 2.19. The third kappa shape index (κ3) is 1.81. The minimum absolute atomic E-state index is 0.237. The second kappa shape index (κ2) is 4.11. The highest BCUT2D eigenvalue weighted by molar-refractivity contribution is 7.14. The fourth-order valence-electron chi connectivity index (χ4n) is 1.68. The number of methoxy groups -OCH3 is 1. The zero-order valence-corrected chi connectivity index (χ0v) is 8.89. The highest BCUT2D eigenvalue weighted by Crippen LogP contribution is 2.29. The van der Waals surface area contributed by atoms with Crippen molar-refractivity contribution >= 4 is 17.3 Å². The van der Waals surface area contributed by atoms with Crippen LogP contribution in [0.1, 0.15) is 33.4 Å². The van der Waals surface area contributed by atoms with Crippen molar-refractivity contribution in [3.8, 4) is 0 Å². The molecule has 1 aliphatic rings. The summed E-state index contributed by atoms with van der Waals surface area (Å²) in [5, 5.41) is 3.40. The number of thiophene rings is 1. The molecule has 0 aromatic carbocycles. The maximum absolute atomic E-state index is 11.2. The lowest BCUT2D eigenvalue weighted by molar-refractivity contribution is 0.0606. The van der Waals surface area contributed by atoms with Gasteiger partial charge >= 0.3 is 5.97 Å². The molecule has 0 aliphatic carbocycles. The lowest BCUT2D eigenvalue weighted by Gasteiger charge is -2.05. The SMILES string of the molecule is COC(=O)c1ccc(C2CCCN2)s1. The summed E-state index contributed by atoms with van der Waals surface area (Å²) >= 11 is 1.53. The Kier molecular flexibility index (Phi) is 2.84. The van der Waals surface area contributed by atoms with Crippen LogP contribution in [0.5, 0.6) is 0 Å². The largest absolute Gasteiger partial charge is 0.465 e. The Morgan fingerprint density at radius 2 is 2.50 bits per heavy atom. The molecule has 0 amide bonds. The fourth-order valence-corrected chi connectivity index (χ4v) is 2.71. The van der Waals surface area contributed by atoms with Crippen LogP contribution < -0.4 is 5.32 Å². The first-order valence-electron chi connectivity index (χ1n) is 4.72. The Morgan fingerprint density at radius 3 is 3.14 bits per heavy atom. The van der Waals surface area contributed by atoms with Gasteiger partial charge in [0.25, 0.3) is 0 Å². The van der Waals surface area contributed by atoms with Gasteiger partial charge in [-0.25, -0.2) is 4.79 Å². The van der Waals surface area contributed by atoms with E-state index in [9.17, 15) is 4.79 Å². The monoisotopic (exact) mass is 211 g/mol. The molecular weight excluding hydrogens is 198 g/mol. The van der Waals surface area contributed by atoms with Gasteiger partial charge in [0.05, 0.1) is 7.11 Å². The van der Waals surface area contributed by atoms with Crippen LogP contribution in [0.3, 0.4) is 0 Å². The summed E-state index contributed by atoms with van der Waals surface area (Å²) in [6.45, 7) is 1.08. The predicted molar refractivity (Wildman–Crippen MR) is 55.6 cm³/mol. The van der Waals surface area contributed by atoms with E-state index in [0.717, 1.165) is 6.54 Å². The molecule has 0 spiro atoms. The smallest absolute Gasteiger partial charge is 0.348 e. The topological polar surface area (TPSA) is 38.3 Å². The maximum Gasteiger partial charge on any atom is 0.348 e. The number of hydrogen-bond donors (Lipinski definition) is 1. The zero-order valence-electron chi connectivity index (χ0n) is 8.08. The van der Waals surface area contributed by atoms with E-state index in [1.54, 1.807) is 0 Å². The summed E-state index contributed by atoms with van der Waals surface area (Å²) in [5.41, 5.74) is 0. The lowest BCUT2D eigenvalue weighted by Crippen LogP contribution is -2.11. The molecule has 1 aromatic heterocycles. The standard InChI is InChI=1S/C10H13NO2S/c1-13-10(12)9-5-4-8(14-9)7-3-2-6-11-7/h4-5,7,11H,2-3,6H2,1H3. The van der Waals surface area contributed by atoms with Crippen molar-refractivity contribution in [2.24, 2.45) is 0 Å². The molecule has 1 unspecified atom stereocenters. The van der Waals surface area contributed by atoms with Crippen LogP contribution in [0.25, 0.3) is 0 Å². The maximum atomic E-state index is 11.2. The quantitative estimate of drug-likeness (QED) is 0.760. The highest BCUT2D eigenvalue weighted by atomic mass is 32.1. The molecule has 1 aromatic rings. The molecule has 0 saturated carbocycles. The normalized spacial score (nSPS) is 21.1. The molecule has 4 heteroatoms. The molecule has 1 saturated heterocycles. The number of carbonyl (C=O) groups is 1. The number of nitrogens with one attached hydrogen (secondary N) is 1. The number of esters is 1. The van der Waals surface area contributed by atoms with Gasteiger partial charge in [0, 0.05) is 10.9 Å². The first kappa shape index (κ1) is 9.68. The van der Waals surface area contributed by atoms with E-state index in [2.05, 4.69) is 10.1 Å². The third-order valence-corrected chi connectivity index (χ3v) is 3.60. The second-order valence-electron chi connectivity index (χ2n) is 3.34. The Bertz CT molecular complexity index is 329. The molecule has 2 heterocycles. The van der Waals surface area contributed by atoms with Gasteiger partial charge in [0.2, 0.25) is 0 Å². The fraction of sp³-hybridized carbons (Fsp3) is 0.500. The second-order valence-corrected chi connectivity index (χ2v) is 4.46. The van der Waals surface area contributed by atoms with Crippen molar-refractivity contribution in [1.82, 2.24) is 5.32 Å². The van der Waals surface area contributed by atoms with Crippen molar-refractivity contribution in [2.45, 2.75) is 18.9 Å². The van der Waals surface area contributed by atoms with Gasteiger partial charge < -0.3 is 10.1 Å². The molecule has 14 heavy (non-hydrogen) atoms.